The maximum Gasteiger partial charge on any atom is -0.0363 e. The van der Waals surface area contributed by atoms with Gasteiger partial charge in [0.2, 0.25) is 0 Å². The molecular formula is C16H34. The Morgan fingerprint density at radius 2 is 1.44 bits per heavy atom. The Morgan fingerprint density at radius 3 is 1.81 bits per heavy atom. The van der Waals surface area contributed by atoms with E-state index in [9.17, 15) is 0 Å². The zero-order valence-electron chi connectivity index (χ0n) is 12.7. The van der Waals surface area contributed by atoms with Crippen molar-refractivity contribution in [1.29, 1.82) is 0 Å². The number of rotatable bonds is 8. The topological polar surface area (TPSA) is 0 Å². The molecule has 0 nitrogen and oxygen atoms in total. The molecule has 0 fully saturated rings. The molecule has 0 heterocycles. The third-order valence-corrected chi connectivity index (χ3v) is 4.16. The van der Waals surface area contributed by atoms with Crippen molar-refractivity contribution in [2.75, 3.05) is 0 Å². The summed E-state index contributed by atoms with van der Waals surface area (Å²) in [5.41, 5.74) is 0. The predicted molar refractivity (Wildman–Crippen MR) is 75.6 cm³/mol. The average molecular weight is 226 g/mol. The molecule has 3 unspecified atom stereocenters. The molecule has 0 saturated heterocycles. The van der Waals surface area contributed by atoms with E-state index in [1.165, 1.54) is 25.7 Å². The Labute approximate surface area is 104 Å². The molecule has 0 saturated carbocycles. The molecule has 0 aliphatic heterocycles. The summed E-state index contributed by atoms with van der Waals surface area (Å²) in [6.07, 6.45) is 5.56. The van der Waals surface area contributed by atoms with Crippen molar-refractivity contribution in [3.05, 3.63) is 0 Å². The van der Waals surface area contributed by atoms with E-state index < -0.39 is 0 Å². The highest BCUT2D eigenvalue weighted by atomic mass is 14.3. The van der Waals surface area contributed by atoms with Gasteiger partial charge in [-0.25, -0.2) is 0 Å². The van der Waals surface area contributed by atoms with Gasteiger partial charge >= 0.3 is 0 Å². The van der Waals surface area contributed by atoms with E-state index in [-0.39, 0.29) is 0 Å². The molecule has 0 aliphatic rings. The fourth-order valence-corrected chi connectivity index (χ4v) is 3.02. The number of unbranched alkanes of at least 4 members (excludes halogenated alkanes) is 1. The van der Waals surface area contributed by atoms with E-state index in [2.05, 4.69) is 48.5 Å². The lowest BCUT2D eigenvalue weighted by molar-refractivity contribution is 0.172. The minimum absolute atomic E-state index is 0.844. The lowest BCUT2D eigenvalue weighted by Crippen LogP contribution is -2.24. The van der Waals surface area contributed by atoms with Crippen molar-refractivity contribution in [2.45, 2.75) is 74.1 Å². The van der Waals surface area contributed by atoms with Crippen molar-refractivity contribution in [3.8, 4) is 0 Å². The van der Waals surface area contributed by atoms with Crippen LogP contribution in [0.5, 0.6) is 0 Å². The molecule has 98 valence electrons. The van der Waals surface area contributed by atoms with Crippen LogP contribution in [-0.4, -0.2) is 0 Å². The Kier molecular flexibility index (Phi) is 8.14. The molecule has 0 radical (unpaired) electrons. The van der Waals surface area contributed by atoms with E-state index in [1.54, 1.807) is 0 Å². The van der Waals surface area contributed by atoms with Gasteiger partial charge in [-0.05, 0) is 42.4 Å². The Hall–Kier alpha value is 0. The first-order valence-electron chi connectivity index (χ1n) is 7.40. The van der Waals surface area contributed by atoms with Crippen molar-refractivity contribution in [2.24, 2.45) is 29.6 Å². The van der Waals surface area contributed by atoms with Crippen LogP contribution < -0.4 is 0 Å². The van der Waals surface area contributed by atoms with Gasteiger partial charge in [0.15, 0.2) is 0 Å². The molecule has 0 N–H and O–H groups in total. The molecule has 0 spiro atoms. The van der Waals surface area contributed by atoms with Gasteiger partial charge in [0.1, 0.15) is 0 Å². The third kappa shape index (κ3) is 5.92. The molecule has 0 aromatic carbocycles. The normalized spacial score (nSPS) is 17.8. The fraction of sp³-hybridized carbons (Fsp3) is 1.00. The van der Waals surface area contributed by atoms with Crippen LogP contribution in [0.2, 0.25) is 0 Å². The maximum atomic E-state index is 2.48. The van der Waals surface area contributed by atoms with Crippen LogP contribution in [0.25, 0.3) is 0 Å². The predicted octanol–water partition coefficient (Wildman–Crippen LogP) is 5.77. The first-order valence-corrected chi connectivity index (χ1v) is 7.40. The van der Waals surface area contributed by atoms with Gasteiger partial charge in [-0.3, -0.25) is 0 Å². The van der Waals surface area contributed by atoms with Crippen LogP contribution in [0.3, 0.4) is 0 Å². The van der Waals surface area contributed by atoms with Gasteiger partial charge < -0.3 is 0 Å². The lowest BCUT2D eigenvalue weighted by atomic mass is 9.73. The van der Waals surface area contributed by atoms with Gasteiger partial charge in [-0.15, -0.1) is 0 Å². The quantitative estimate of drug-likeness (QED) is 0.493. The van der Waals surface area contributed by atoms with E-state index in [4.69, 9.17) is 0 Å². The third-order valence-electron chi connectivity index (χ3n) is 4.16. The Balaban J connectivity index is 4.29. The van der Waals surface area contributed by atoms with Crippen LogP contribution in [0.15, 0.2) is 0 Å². The summed E-state index contributed by atoms with van der Waals surface area (Å²) < 4.78 is 0. The molecule has 3 atom stereocenters. The molecule has 0 aliphatic carbocycles. The molecule has 0 aromatic heterocycles. The average Bonchev–Trinajstić information content (AvgIpc) is 2.16. The van der Waals surface area contributed by atoms with E-state index >= 15 is 0 Å². The highest BCUT2D eigenvalue weighted by molar-refractivity contribution is 4.74. The molecule has 0 heteroatoms. The summed E-state index contributed by atoms with van der Waals surface area (Å²) >= 11 is 0. The monoisotopic (exact) mass is 226 g/mol. The minimum Gasteiger partial charge on any atom is -0.0654 e. The summed E-state index contributed by atoms with van der Waals surface area (Å²) in [6, 6.07) is 0. The van der Waals surface area contributed by atoms with Crippen molar-refractivity contribution in [3.63, 3.8) is 0 Å². The van der Waals surface area contributed by atoms with Gasteiger partial charge in [0.05, 0.1) is 0 Å². The fourth-order valence-electron chi connectivity index (χ4n) is 3.02. The van der Waals surface area contributed by atoms with Crippen LogP contribution in [0, 0.1) is 29.6 Å². The first kappa shape index (κ1) is 16.0. The van der Waals surface area contributed by atoms with E-state index in [1.807, 2.05) is 0 Å². The SMILES string of the molecule is CCCCC(C(C)C)C(C)C(C)CC(C)C. The second-order valence-electron chi connectivity index (χ2n) is 6.52. The largest absolute Gasteiger partial charge is 0.0654 e. The zero-order chi connectivity index (χ0) is 12.7. The smallest absolute Gasteiger partial charge is 0.0363 e. The standard InChI is InChI=1S/C16H34/c1-8-9-10-16(13(4)5)15(7)14(6)11-12(2)3/h12-16H,8-11H2,1-7H3. The Bertz CT molecular complexity index is 157. The summed E-state index contributed by atoms with van der Waals surface area (Å²) in [6.45, 7) is 16.7. The van der Waals surface area contributed by atoms with Gasteiger partial charge in [-0.1, -0.05) is 61.3 Å². The number of hydrogen-bond acceptors (Lipinski definition) is 0. The van der Waals surface area contributed by atoms with Crippen molar-refractivity contribution >= 4 is 0 Å². The zero-order valence-corrected chi connectivity index (χ0v) is 12.7. The molecular weight excluding hydrogens is 192 g/mol. The summed E-state index contributed by atoms with van der Waals surface area (Å²) in [5, 5.41) is 0. The molecule has 0 aromatic rings. The summed E-state index contributed by atoms with van der Waals surface area (Å²) in [7, 11) is 0. The van der Waals surface area contributed by atoms with E-state index in [0.29, 0.717) is 0 Å². The summed E-state index contributed by atoms with van der Waals surface area (Å²) in [5.74, 6) is 4.37. The number of hydrogen-bond donors (Lipinski definition) is 0. The second kappa shape index (κ2) is 8.14. The van der Waals surface area contributed by atoms with E-state index in [0.717, 1.165) is 29.6 Å². The highest BCUT2D eigenvalue weighted by Crippen LogP contribution is 2.33. The second-order valence-corrected chi connectivity index (χ2v) is 6.52. The van der Waals surface area contributed by atoms with Crippen LogP contribution >= 0.6 is 0 Å². The molecule has 16 heavy (non-hydrogen) atoms. The molecule has 0 amide bonds. The van der Waals surface area contributed by atoms with Gasteiger partial charge in [0.25, 0.3) is 0 Å². The van der Waals surface area contributed by atoms with Gasteiger partial charge in [-0.2, -0.15) is 0 Å². The molecule has 0 rings (SSSR count). The maximum absolute atomic E-state index is 2.48. The van der Waals surface area contributed by atoms with Crippen molar-refractivity contribution < 1.29 is 0 Å². The highest BCUT2D eigenvalue weighted by Gasteiger charge is 2.25. The van der Waals surface area contributed by atoms with Gasteiger partial charge in [0, 0.05) is 0 Å². The van der Waals surface area contributed by atoms with Crippen LogP contribution in [-0.2, 0) is 0 Å². The lowest BCUT2D eigenvalue weighted by Gasteiger charge is -2.32. The van der Waals surface area contributed by atoms with Crippen molar-refractivity contribution in [1.82, 2.24) is 0 Å². The van der Waals surface area contributed by atoms with Crippen LogP contribution in [0.4, 0.5) is 0 Å². The van der Waals surface area contributed by atoms with Crippen LogP contribution in [0.1, 0.15) is 74.1 Å². The minimum atomic E-state index is 0.844. The first-order chi connectivity index (χ1) is 7.40. The Morgan fingerprint density at radius 1 is 0.875 bits per heavy atom. The molecule has 0 bridgehead atoms. The summed E-state index contributed by atoms with van der Waals surface area (Å²) in [4.78, 5) is 0.